The van der Waals surface area contributed by atoms with E-state index in [2.05, 4.69) is 11.8 Å². The van der Waals surface area contributed by atoms with E-state index in [1.165, 1.54) is 45.1 Å². The van der Waals surface area contributed by atoms with Crippen molar-refractivity contribution in [2.24, 2.45) is 11.7 Å². The smallest absolute Gasteiger partial charge is 0.0730 e. The summed E-state index contributed by atoms with van der Waals surface area (Å²) in [5.41, 5.74) is 5.89. The van der Waals surface area contributed by atoms with Gasteiger partial charge in [0.2, 0.25) is 0 Å². The van der Waals surface area contributed by atoms with Crippen molar-refractivity contribution >= 4 is 0 Å². The fourth-order valence-electron chi connectivity index (χ4n) is 3.43. The van der Waals surface area contributed by atoms with Gasteiger partial charge in [-0.2, -0.15) is 0 Å². The fraction of sp³-hybridized carbons (Fsp3) is 1.00. The topological polar surface area (TPSA) is 38.5 Å². The van der Waals surface area contributed by atoms with Crippen molar-refractivity contribution in [3.05, 3.63) is 0 Å². The van der Waals surface area contributed by atoms with Crippen LogP contribution in [0.1, 0.15) is 45.4 Å². The minimum atomic E-state index is 0.512. The highest BCUT2D eigenvalue weighted by molar-refractivity contribution is 4.88. The molecule has 0 amide bonds. The van der Waals surface area contributed by atoms with Crippen LogP contribution in [-0.2, 0) is 4.74 Å². The zero-order valence-electron chi connectivity index (χ0n) is 11.2. The first-order chi connectivity index (χ1) is 8.35. The van der Waals surface area contributed by atoms with Crippen LogP contribution in [-0.4, -0.2) is 43.3 Å². The van der Waals surface area contributed by atoms with Gasteiger partial charge in [-0.1, -0.05) is 26.2 Å². The molecule has 3 unspecified atom stereocenters. The maximum atomic E-state index is 5.91. The number of fused-ring (bicyclic) bond motifs is 1. The molecule has 3 heteroatoms. The zero-order valence-corrected chi connectivity index (χ0v) is 11.2. The number of morpholine rings is 1. The van der Waals surface area contributed by atoms with Gasteiger partial charge < -0.3 is 10.5 Å². The second-order valence-corrected chi connectivity index (χ2v) is 5.65. The van der Waals surface area contributed by atoms with Gasteiger partial charge in [0, 0.05) is 19.1 Å². The van der Waals surface area contributed by atoms with Gasteiger partial charge in [0.25, 0.3) is 0 Å². The summed E-state index contributed by atoms with van der Waals surface area (Å²) in [6.45, 7) is 6.31. The Morgan fingerprint density at radius 2 is 2.18 bits per heavy atom. The Kier molecular flexibility index (Phi) is 5.26. The van der Waals surface area contributed by atoms with E-state index in [1.807, 2.05) is 0 Å². The molecule has 0 aromatic rings. The van der Waals surface area contributed by atoms with E-state index in [4.69, 9.17) is 10.5 Å². The van der Waals surface area contributed by atoms with Gasteiger partial charge in [0.15, 0.2) is 0 Å². The van der Waals surface area contributed by atoms with Crippen molar-refractivity contribution in [3.63, 3.8) is 0 Å². The molecule has 3 atom stereocenters. The number of nitrogens with zero attached hydrogens (tertiary/aromatic N) is 1. The van der Waals surface area contributed by atoms with Gasteiger partial charge in [-0.25, -0.2) is 0 Å². The highest BCUT2D eigenvalue weighted by Crippen LogP contribution is 2.29. The van der Waals surface area contributed by atoms with Gasteiger partial charge in [-0.15, -0.1) is 0 Å². The standard InChI is InChI=1S/C14H28N2O/c1-2-5-12(10-15)11-16-8-9-17-14-7-4-3-6-13(14)16/h12-14H,2-11,15H2,1H3. The average molecular weight is 240 g/mol. The Hall–Kier alpha value is -0.120. The summed E-state index contributed by atoms with van der Waals surface area (Å²) in [6, 6.07) is 0.684. The van der Waals surface area contributed by atoms with Crippen LogP contribution < -0.4 is 5.73 Å². The summed E-state index contributed by atoms with van der Waals surface area (Å²) in [6.07, 6.45) is 8.35. The van der Waals surface area contributed by atoms with E-state index in [1.54, 1.807) is 0 Å². The molecule has 1 heterocycles. The summed E-state index contributed by atoms with van der Waals surface area (Å²) in [7, 11) is 0. The number of rotatable bonds is 5. The van der Waals surface area contributed by atoms with Gasteiger partial charge in [0.05, 0.1) is 12.7 Å². The van der Waals surface area contributed by atoms with Crippen LogP contribution in [0.3, 0.4) is 0 Å². The minimum absolute atomic E-state index is 0.512. The van der Waals surface area contributed by atoms with E-state index in [0.29, 0.717) is 18.1 Å². The van der Waals surface area contributed by atoms with Crippen molar-refractivity contribution < 1.29 is 4.74 Å². The first-order valence-corrected chi connectivity index (χ1v) is 7.40. The predicted octanol–water partition coefficient (Wildman–Crippen LogP) is 2.00. The van der Waals surface area contributed by atoms with E-state index < -0.39 is 0 Å². The molecule has 0 spiro atoms. The highest BCUT2D eigenvalue weighted by atomic mass is 16.5. The van der Waals surface area contributed by atoms with Crippen molar-refractivity contribution in [2.45, 2.75) is 57.6 Å². The van der Waals surface area contributed by atoms with Gasteiger partial charge in [-0.3, -0.25) is 4.90 Å². The SMILES string of the molecule is CCCC(CN)CN1CCOC2CCCCC21. The van der Waals surface area contributed by atoms with Crippen LogP contribution in [0, 0.1) is 5.92 Å². The number of nitrogens with two attached hydrogens (primary N) is 1. The predicted molar refractivity (Wildman–Crippen MR) is 71.0 cm³/mol. The number of hydrogen-bond acceptors (Lipinski definition) is 3. The monoisotopic (exact) mass is 240 g/mol. The molecular weight excluding hydrogens is 212 g/mol. The Bertz CT molecular complexity index is 220. The lowest BCUT2D eigenvalue weighted by Crippen LogP contribution is -2.54. The molecule has 0 radical (unpaired) electrons. The lowest BCUT2D eigenvalue weighted by atomic mass is 9.89. The number of ether oxygens (including phenoxy) is 1. The molecule has 3 nitrogen and oxygen atoms in total. The average Bonchev–Trinajstić information content (AvgIpc) is 2.38. The third-order valence-corrected chi connectivity index (χ3v) is 4.37. The van der Waals surface area contributed by atoms with Crippen molar-refractivity contribution in [1.82, 2.24) is 4.90 Å². The second kappa shape index (κ2) is 6.72. The first kappa shape index (κ1) is 13.3. The number of hydrogen-bond donors (Lipinski definition) is 1. The van der Waals surface area contributed by atoms with Gasteiger partial charge in [-0.05, 0) is 31.7 Å². The molecule has 100 valence electrons. The summed E-state index contributed by atoms with van der Waals surface area (Å²) in [5.74, 6) is 0.681. The highest BCUT2D eigenvalue weighted by Gasteiger charge is 2.34. The summed E-state index contributed by atoms with van der Waals surface area (Å²) < 4.78 is 5.91. The van der Waals surface area contributed by atoms with Crippen LogP contribution in [0.25, 0.3) is 0 Å². The van der Waals surface area contributed by atoms with Crippen LogP contribution in [0.2, 0.25) is 0 Å². The molecule has 1 saturated heterocycles. The van der Waals surface area contributed by atoms with E-state index in [0.717, 1.165) is 19.7 Å². The van der Waals surface area contributed by atoms with E-state index in [9.17, 15) is 0 Å². The summed E-state index contributed by atoms with van der Waals surface area (Å²) in [4.78, 5) is 2.67. The van der Waals surface area contributed by atoms with Crippen LogP contribution in [0.4, 0.5) is 0 Å². The normalized spacial score (nSPS) is 32.1. The van der Waals surface area contributed by atoms with Crippen molar-refractivity contribution in [2.75, 3.05) is 26.2 Å². The van der Waals surface area contributed by atoms with Crippen molar-refractivity contribution in [3.8, 4) is 0 Å². The molecule has 2 rings (SSSR count). The molecule has 17 heavy (non-hydrogen) atoms. The molecular formula is C14H28N2O. The van der Waals surface area contributed by atoms with E-state index >= 15 is 0 Å². The Morgan fingerprint density at radius 1 is 1.35 bits per heavy atom. The van der Waals surface area contributed by atoms with E-state index in [-0.39, 0.29) is 0 Å². The summed E-state index contributed by atoms with van der Waals surface area (Å²) in [5, 5.41) is 0. The molecule has 0 bridgehead atoms. The van der Waals surface area contributed by atoms with Crippen molar-refractivity contribution in [1.29, 1.82) is 0 Å². The van der Waals surface area contributed by atoms with Crippen LogP contribution in [0.5, 0.6) is 0 Å². The summed E-state index contributed by atoms with van der Waals surface area (Å²) >= 11 is 0. The van der Waals surface area contributed by atoms with Gasteiger partial charge in [0.1, 0.15) is 0 Å². The third kappa shape index (κ3) is 3.43. The molecule has 1 aliphatic heterocycles. The lowest BCUT2D eigenvalue weighted by Gasteiger charge is -2.45. The fourth-order valence-corrected chi connectivity index (χ4v) is 3.43. The Balaban J connectivity index is 1.89. The van der Waals surface area contributed by atoms with Crippen LogP contribution in [0.15, 0.2) is 0 Å². The lowest BCUT2D eigenvalue weighted by molar-refractivity contribution is -0.0919. The van der Waals surface area contributed by atoms with Gasteiger partial charge >= 0.3 is 0 Å². The molecule has 0 aromatic carbocycles. The Morgan fingerprint density at radius 3 is 2.94 bits per heavy atom. The second-order valence-electron chi connectivity index (χ2n) is 5.65. The maximum Gasteiger partial charge on any atom is 0.0730 e. The molecule has 2 fully saturated rings. The maximum absolute atomic E-state index is 5.91. The third-order valence-electron chi connectivity index (χ3n) is 4.37. The molecule has 2 aliphatic rings. The molecule has 2 N–H and O–H groups in total. The minimum Gasteiger partial charge on any atom is -0.375 e. The largest absolute Gasteiger partial charge is 0.375 e. The zero-order chi connectivity index (χ0) is 12.1. The molecule has 1 saturated carbocycles. The quantitative estimate of drug-likeness (QED) is 0.799. The Labute approximate surface area is 106 Å². The first-order valence-electron chi connectivity index (χ1n) is 7.40. The molecule has 1 aliphatic carbocycles. The van der Waals surface area contributed by atoms with Crippen LogP contribution >= 0.6 is 0 Å². The molecule has 0 aromatic heterocycles.